The zero-order valence-corrected chi connectivity index (χ0v) is 19.2. The first-order valence-electron chi connectivity index (χ1n) is 10.2. The predicted molar refractivity (Wildman–Crippen MR) is 120 cm³/mol. The lowest BCUT2D eigenvalue weighted by Gasteiger charge is -2.33. The van der Waals surface area contributed by atoms with Crippen LogP contribution in [0.15, 0.2) is 41.3 Å². The predicted octanol–water partition coefficient (Wildman–Crippen LogP) is 3.50. The van der Waals surface area contributed by atoms with Gasteiger partial charge in [-0.15, -0.1) is 0 Å². The molecule has 30 heavy (non-hydrogen) atoms. The van der Waals surface area contributed by atoms with Gasteiger partial charge in [-0.3, -0.25) is 4.79 Å². The van der Waals surface area contributed by atoms with Gasteiger partial charge < -0.3 is 10.2 Å². The Kier molecular flexibility index (Phi) is 6.53. The number of anilines is 1. The van der Waals surface area contributed by atoms with Crippen molar-refractivity contribution in [3.63, 3.8) is 0 Å². The highest BCUT2D eigenvalue weighted by Gasteiger charge is 2.26. The number of carbonyl (C=O) groups excluding carboxylic acids is 1. The first kappa shape index (κ1) is 22.3. The number of aryl methyl sites for hydroxylation is 2. The van der Waals surface area contributed by atoms with E-state index in [1.807, 2.05) is 37.9 Å². The maximum atomic E-state index is 12.9. The Morgan fingerprint density at radius 1 is 1.13 bits per heavy atom. The number of carbonyl (C=O) groups is 1. The fourth-order valence-corrected chi connectivity index (χ4v) is 4.98. The summed E-state index contributed by atoms with van der Waals surface area (Å²) in [6.45, 7) is 3.91. The van der Waals surface area contributed by atoms with Gasteiger partial charge in [-0.1, -0.05) is 24.3 Å². The SMILES string of the molecule is Cc1cc(S(=O)(=O)N(C)C)cc(NCC(=O)N(C)C2CCCc3ccccc32)c1C. The molecule has 0 saturated carbocycles. The largest absolute Gasteiger partial charge is 0.376 e. The highest BCUT2D eigenvalue weighted by atomic mass is 32.2. The average molecular weight is 430 g/mol. The Morgan fingerprint density at radius 3 is 2.53 bits per heavy atom. The third kappa shape index (κ3) is 4.37. The van der Waals surface area contributed by atoms with E-state index in [4.69, 9.17) is 0 Å². The third-order valence-corrected chi connectivity index (χ3v) is 7.84. The van der Waals surface area contributed by atoms with Crippen LogP contribution in [0.1, 0.15) is 41.1 Å². The zero-order valence-electron chi connectivity index (χ0n) is 18.4. The topological polar surface area (TPSA) is 69.7 Å². The second-order valence-corrected chi connectivity index (χ2v) is 10.3. The number of fused-ring (bicyclic) bond motifs is 1. The van der Waals surface area contributed by atoms with Crippen molar-refractivity contribution in [2.45, 2.75) is 44.0 Å². The van der Waals surface area contributed by atoms with Crippen molar-refractivity contribution in [3.05, 3.63) is 58.7 Å². The van der Waals surface area contributed by atoms with Crippen LogP contribution in [-0.4, -0.2) is 51.2 Å². The first-order chi connectivity index (χ1) is 14.1. The number of amides is 1. The van der Waals surface area contributed by atoms with Crippen molar-refractivity contribution < 1.29 is 13.2 Å². The highest BCUT2D eigenvalue weighted by molar-refractivity contribution is 7.89. The molecule has 2 aromatic carbocycles. The summed E-state index contributed by atoms with van der Waals surface area (Å²) in [5.74, 6) is -0.0189. The molecule has 0 fully saturated rings. The Balaban J connectivity index is 1.77. The van der Waals surface area contributed by atoms with Crippen molar-refractivity contribution in [1.82, 2.24) is 9.21 Å². The van der Waals surface area contributed by atoms with Crippen LogP contribution in [0.4, 0.5) is 5.69 Å². The summed E-state index contributed by atoms with van der Waals surface area (Å²) in [6.07, 6.45) is 3.07. The molecule has 6 nitrogen and oxygen atoms in total. The van der Waals surface area contributed by atoms with E-state index >= 15 is 0 Å². The standard InChI is InChI=1S/C23H31N3O3S/c1-16-13-19(30(28,29)25(3)4)14-21(17(16)2)24-15-23(27)26(5)22-12-8-10-18-9-6-7-11-20(18)22/h6-7,9,11,13-14,22,24H,8,10,12,15H2,1-5H3. The molecular formula is C23H31N3O3S. The summed E-state index contributed by atoms with van der Waals surface area (Å²) >= 11 is 0. The minimum absolute atomic E-state index is 0.0189. The number of likely N-dealkylation sites (N-methyl/N-ethyl adjacent to an activating group) is 1. The molecule has 1 atom stereocenters. The zero-order chi connectivity index (χ0) is 22.1. The minimum Gasteiger partial charge on any atom is -0.376 e. The van der Waals surface area contributed by atoms with E-state index in [1.165, 1.54) is 29.5 Å². The van der Waals surface area contributed by atoms with Crippen molar-refractivity contribution in [1.29, 1.82) is 0 Å². The minimum atomic E-state index is -3.55. The number of rotatable bonds is 6. The molecule has 2 aromatic rings. The summed E-state index contributed by atoms with van der Waals surface area (Å²) in [4.78, 5) is 15.0. The van der Waals surface area contributed by atoms with Crippen molar-refractivity contribution >= 4 is 21.6 Å². The Hall–Kier alpha value is -2.38. The number of sulfonamides is 1. The average Bonchev–Trinajstić information content (AvgIpc) is 2.73. The summed E-state index contributed by atoms with van der Waals surface area (Å²) in [6, 6.07) is 11.7. The van der Waals surface area contributed by atoms with E-state index in [1.54, 1.807) is 12.1 Å². The van der Waals surface area contributed by atoms with Gasteiger partial charge in [0.2, 0.25) is 15.9 Å². The molecule has 3 rings (SSSR count). The van der Waals surface area contributed by atoms with Gasteiger partial charge in [0, 0.05) is 26.8 Å². The molecule has 1 aliphatic rings. The molecule has 0 saturated heterocycles. The number of hydrogen-bond donors (Lipinski definition) is 1. The molecule has 0 heterocycles. The van der Waals surface area contributed by atoms with E-state index in [0.717, 1.165) is 30.4 Å². The fourth-order valence-electron chi connectivity index (χ4n) is 3.97. The van der Waals surface area contributed by atoms with Crippen LogP contribution in [0.2, 0.25) is 0 Å². The van der Waals surface area contributed by atoms with Crippen molar-refractivity contribution in [2.24, 2.45) is 0 Å². The molecule has 7 heteroatoms. The van der Waals surface area contributed by atoms with Gasteiger partial charge in [0.15, 0.2) is 0 Å². The molecule has 0 aliphatic heterocycles. The summed E-state index contributed by atoms with van der Waals surface area (Å²) < 4.78 is 26.3. The van der Waals surface area contributed by atoms with E-state index in [-0.39, 0.29) is 23.4 Å². The van der Waals surface area contributed by atoms with Gasteiger partial charge in [-0.2, -0.15) is 0 Å². The lowest BCUT2D eigenvalue weighted by molar-refractivity contribution is -0.130. The van der Waals surface area contributed by atoms with Gasteiger partial charge in [0.05, 0.1) is 17.5 Å². The Labute approximate surface area is 179 Å². The number of hydrogen-bond acceptors (Lipinski definition) is 4. The lowest BCUT2D eigenvalue weighted by atomic mass is 9.87. The molecular weight excluding hydrogens is 398 g/mol. The molecule has 0 spiro atoms. The third-order valence-electron chi connectivity index (χ3n) is 6.05. The van der Waals surface area contributed by atoms with Crippen LogP contribution in [0.3, 0.4) is 0 Å². The van der Waals surface area contributed by atoms with Gasteiger partial charge in [0.25, 0.3) is 0 Å². The van der Waals surface area contributed by atoms with Crippen LogP contribution in [0.25, 0.3) is 0 Å². The molecule has 0 radical (unpaired) electrons. The molecule has 1 aliphatic carbocycles. The fraction of sp³-hybridized carbons (Fsp3) is 0.435. The first-order valence-corrected chi connectivity index (χ1v) is 11.7. The van der Waals surface area contributed by atoms with E-state index in [0.29, 0.717) is 5.69 Å². The van der Waals surface area contributed by atoms with Gasteiger partial charge >= 0.3 is 0 Å². The number of benzene rings is 2. The Morgan fingerprint density at radius 2 is 1.83 bits per heavy atom. The highest BCUT2D eigenvalue weighted by Crippen LogP contribution is 2.33. The monoisotopic (exact) mass is 429 g/mol. The van der Waals surface area contributed by atoms with Crippen molar-refractivity contribution in [2.75, 3.05) is 33.0 Å². The van der Waals surface area contributed by atoms with Crippen molar-refractivity contribution in [3.8, 4) is 0 Å². The Bertz CT molecular complexity index is 1050. The van der Waals surface area contributed by atoms with E-state index in [2.05, 4.69) is 17.4 Å². The number of nitrogens with one attached hydrogen (secondary N) is 1. The molecule has 162 valence electrons. The summed E-state index contributed by atoms with van der Waals surface area (Å²) in [5.41, 5.74) is 5.01. The second-order valence-electron chi connectivity index (χ2n) is 8.17. The molecule has 1 amide bonds. The maximum absolute atomic E-state index is 12.9. The maximum Gasteiger partial charge on any atom is 0.242 e. The van der Waals surface area contributed by atoms with Crippen LogP contribution in [0.5, 0.6) is 0 Å². The van der Waals surface area contributed by atoms with Gasteiger partial charge in [-0.25, -0.2) is 12.7 Å². The summed E-state index contributed by atoms with van der Waals surface area (Å²) in [5, 5.41) is 3.17. The second kappa shape index (κ2) is 8.78. The molecule has 1 N–H and O–H groups in total. The van der Waals surface area contributed by atoms with Crippen LogP contribution < -0.4 is 5.32 Å². The smallest absolute Gasteiger partial charge is 0.242 e. The van der Waals surface area contributed by atoms with Crippen LogP contribution >= 0.6 is 0 Å². The lowest BCUT2D eigenvalue weighted by Crippen LogP contribution is -2.37. The molecule has 1 unspecified atom stereocenters. The molecule has 0 aromatic heterocycles. The quantitative estimate of drug-likeness (QED) is 0.763. The van der Waals surface area contributed by atoms with Gasteiger partial charge in [-0.05, 0) is 67.5 Å². The molecule has 0 bridgehead atoms. The normalized spacial score (nSPS) is 16.3. The van der Waals surface area contributed by atoms with Crippen LogP contribution in [0, 0.1) is 13.8 Å². The van der Waals surface area contributed by atoms with Gasteiger partial charge in [0.1, 0.15) is 0 Å². The summed E-state index contributed by atoms with van der Waals surface area (Å²) in [7, 11) is 1.33. The van der Waals surface area contributed by atoms with E-state index in [9.17, 15) is 13.2 Å². The van der Waals surface area contributed by atoms with Crippen LogP contribution in [-0.2, 0) is 21.2 Å². The van der Waals surface area contributed by atoms with E-state index < -0.39 is 10.0 Å². The number of nitrogens with zero attached hydrogens (tertiary/aromatic N) is 2.